The second-order valence-electron chi connectivity index (χ2n) is 3.54. The minimum Gasteiger partial charge on any atom is -0.502 e. The van der Waals surface area contributed by atoms with Gasteiger partial charge in [-0.1, -0.05) is 12.6 Å². The first kappa shape index (κ1) is 13.5. The number of rotatable bonds is 8. The lowest BCUT2D eigenvalue weighted by atomic mass is 10.2. The van der Waals surface area contributed by atoms with Crippen molar-refractivity contribution >= 4 is 0 Å². The topological polar surface area (TPSA) is 30.5 Å². The molecule has 0 saturated heterocycles. The van der Waals surface area contributed by atoms with E-state index in [1.165, 1.54) is 19.4 Å². The number of nitrogens with one attached hydrogen (secondary N) is 1. The molecule has 0 unspecified atom stereocenters. The van der Waals surface area contributed by atoms with Crippen LogP contribution in [0.25, 0.3) is 0 Å². The van der Waals surface area contributed by atoms with Crippen LogP contribution in [0.4, 0.5) is 4.39 Å². The quantitative estimate of drug-likeness (QED) is 0.558. The second kappa shape index (κ2) is 7.68. The molecular formula is C13H18FNO2. The van der Waals surface area contributed by atoms with Crippen LogP contribution in [0.1, 0.15) is 12.0 Å². The third-order valence-corrected chi connectivity index (χ3v) is 2.28. The van der Waals surface area contributed by atoms with Crippen molar-refractivity contribution in [3.8, 4) is 5.75 Å². The summed E-state index contributed by atoms with van der Waals surface area (Å²) in [7, 11) is 1.45. The highest BCUT2D eigenvalue weighted by molar-refractivity contribution is 5.29. The van der Waals surface area contributed by atoms with Crippen molar-refractivity contribution in [1.29, 1.82) is 0 Å². The first-order valence-electron chi connectivity index (χ1n) is 5.53. The van der Waals surface area contributed by atoms with Crippen molar-refractivity contribution in [3.05, 3.63) is 42.4 Å². The number of benzene rings is 1. The smallest absolute Gasteiger partial charge is 0.165 e. The zero-order chi connectivity index (χ0) is 12.5. The van der Waals surface area contributed by atoms with Crippen LogP contribution in [0, 0.1) is 5.82 Å². The molecule has 1 aromatic carbocycles. The molecule has 1 N–H and O–H groups in total. The van der Waals surface area contributed by atoms with Gasteiger partial charge >= 0.3 is 0 Å². The van der Waals surface area contributed by atoms with E-state index in [1.54, 1.807) is 6.07 Å². The molecule has 0 atom stereocenters. The maximum atomic E-state index is 13.3. The van der Waals surface area contributed by atoms with Gasteiger partial charge in [-0.2, -0.15) is 0 Å². The summed E-state index contributed by atoms with van der Waals surface area (Å²) < 4.78 is 23.2. The van der Waals surface area contributed by atoms with Gasteiger partial charge in [0, 0.05) is 6.54 Å². The summed E-state index contributed by atoms with van der Waals surface area (Å²) in [6.07, 6.45) is 2.32. The Kier molecular flexibility index (Phi) is 6.10. The highest BCUT2D eigenvalue weighted by Gasteiger charge is 2.02. The van der Waals surface area contributed by atoms with E-state index in [9.17, 15) is 4.39 Å². The van der Waals surface area contributed by atoms with Crippen molar-refractivity contribution in [1.82, 2.24) is 5.32 Å². The molecule has 0 aliphatic carbocycles. The molecule has 0 heterocycles. The van der Waals surface area contributed by atoms with E-state index in [1.807, 2.05) is 6.07 Å². The molecule has 0 aliphatic heterocycles. The minimum atomic E-state index is -0.332. The fourth-order valence-electron chi connectivity index (χ4n) is 1.42. The lowest BCUT2D eigenvalue weighted by Crippen LogP contribution is -2.16. The van der Waals surface area contributed by atoms with Crippen LogP contribution in [0.3, 0.4) is 0 Å². The van der Waals surface area contributed by atoms with Crippen molar-refractivity contribution in [2.75, 3.05) is 20.3 Å². The van der Waals surface area contributed by atoms with Gasteiger partial charge in [0.05, 0.1) is 20.0 Å². The molecule has 17 heavy (non-hydrogen) atoms. The average molecular weight is 239 g/mol. The van der Waals surface area contributed by atoms with E-state index in [0.29, 0.717) is 13.2 Å². The van der Waals surface area contributed by atoms with Gasteiger partial charge in [-0.3, -0.25) is 0 Å². The molecule has 0 aromatic heterocycles. The van der Waals surface area contributed by atoms with Crippen molar-refractivity contribution in [3.63, 3.8) is 0 Å². The van der Waals surface area contributed by atoms with Gasteiger partial charge in [-0.15, -0.1) is 0 Å². The molecule has 0 bridgehead atoms. The summed E-state index contributed by atoms with van der Waals surface area (Å²) in [5.41, 5.74) is 0.896. The van der Waals surface area contributed by atoms with Gasteiger partial charge in [0.2, 0.25) is 0 Å². The third-order valence-electron chi connectivity index (χ3n) is 2.28. The summed E-state index contributed by atoms with van der Waals surface area (Å²) in [4.78, 5) is 0. The summed E-state index contributed by atoms with van der Waals surface area (Å²) >= 11 is 0. The maximum Gasteiger partial charge on any atom is 0.165 e. The predicted octanol–water partition coefficient (Wildman–Crippen LogP) is 2.47. The van der Waals surface area contributed by atoms with Gasteiger partial charge in [0.25, 0.3) is 0 Å². The molecule has 0 spiro atoms. The van der Waals surface area contributed by atoms with E-state index in [2.05, 4.69) is 11.9 Å². The zero-order valence-electron chi connectivity index (χ0n) is 10.0. The highest BCUT2D eigenvalue weighted by atomic mass is 19.1. The van der Waals surface area contributed by atoms with Gasteiger partial charge < -0.3 is 14.8 Å². The standard InChI is InChI=1S/C13H18FNO2/c1-3-17-8-4-7-15-10-11-5-6-13(16-2)12(14)9-11/h3,5-6,9,15H,1,4,7-8,10H2,2H3. The zero-order valence-corrected chi connectivity index (χ0v) is 10.0. The first-order chi connectivity index (χ1) is 8.27. The maximum absolute atomic E-state index is 13.3. The fourth-order valence-corrected chi connectivity index (χ4v) is 1.42. The van der Waals surface area contributed by atoms with Gasteiger partial charge in [0.1, 0.15) is 0 Å². The van der Waals surface area contributed by atoms with E-state index < -0.39 is 0 Å². The Morgan fingerprint density at radius 3 is 2.94 bits per heavy atom. The molecule has 0 amide bonds. The average Bonchev–Trinajstić information content (AvgIpc) is 2.34. The molecule has 4 heteroatoms. The molecule has 0 saturated carbocycles. The third kappa shape index (κ3) is 4.87. The fraction of sp³-hybridized carbons (Fsp3) is 0.385. The Labute approximate surface area is 101 Å². The molecule has 0 radical (unpaired) electrons. The van der Waals surface area contributed by atoms with Crippen molar-refractivity contribution < 1.29 is 13.9 Å². The largest absolute Gasteiger partial charge is 0.502 e. The normalized spacial score (nSPS) is 10.0. The van der Waals surface area contributed by atoms with E-state index in [-0.39, 0.29) is 11.6 Å². The number of hydrogen-bond acceptors (Lipinski definition) is 3. The summed E-state index contributed by atoms with van der Waals surface area (Å²) in [6.45, 7) is 5.56. The number of hydrogen-bond donors (Lipinski definition) is 1. The predicted molar refractivity (Wildman–Crippen MR) is 65.4 cm³/mol. The summed E-state index contributed by atoms with van der Waals surface area (Å²) in [5, 5.41) is 3.20. The van der Waals surface area contributed by atoms with Crippen LogP contribution in [-0.4, -0.2) is 20.3 Å². The molecule has 1 rings (SSSR count). The highest BCUT2D eigenvalue weighted by Crippen LogP contribution is 2.17. The van der Waals surface area contributed by atoms with Crippen LogP contribution >= 0.6 is 0 Å². The Morgan fingerprint density at radius 1 is 1.47 bits per heavy atom. The Morgan fingerprint density at radius 2 is 2.29 bits per heavy atom. The lowest BCUT2D eigenvalue weighted by Gasteiger charge is -2.07. The SMILES string of the molecule is C=COCCCNCc1ccc(OC)c(F)c1. The Balaban J connectivity index is 2.27. The van der Waals surface area contributed by atoms with E-state index in [4.69, 9.17) is 9.47 Å². The van der Waals surface area contributed by atoms with E-state index in [0.717, 1.165) is 18.5 Å². The van der Waals surface area contributed by atoms with Gasteiger partial charge in [-0.05, 0) is 30.7 Å². The van der Waals surface area contributed by atoms with Gasteiger partial charge in [0.15, 0.2) is 11.6 Å². The Hall–Kier alpha value is -1.55. The molecule has 0 aliphatic rings. The summed E-state index contributed by atoms with van der Waals surface area (Å²) in [5.74, 6) is -0.0603. The molecule has 94 valence electrons. The van der Waals surface area contributed by atoms with Crippen LogP contribution in [0.2, 0.25) is 0 Å². The summed E-state index contributed by atoms with van der Waals surface area (Å²) in [6, 6.07) is 4.95. The first-order valence-corrected chi connectivity index (χ1v) is 5.53. The molecule has 3 nitrogen and oxygen atoms in total. The van der Waals surface area contributed by atoms with Crippen molar-refractivity contribution in [2.45, 2.75) is 13.0 Å². The lowest BCUT2D eigenvalue weighted by molar-refractivity contribution is 0.244. The minimum absolute atomic E-state index is 0.271. The molecule has 0 fully saturated rings. The van der Waals surface area contributed by atoms with Gasteiger partial charge in [-0.25, -0.2) is 4.39 Å². The van der Waals surface area contributed by atoms with Crippen LogP contribution in [-0.2, 0) is 11.3 Å². The second-order valence-corrected chi connectivity index (χ2v) is 3.54. The molecular weight excluding hydrogens is 221 g/mol. The van der Waals surface area contributed by atoms with Crippen molar-refractivity contribution in [2.24, 2.45) is 0 Å². The van der Waals surface area contributed by atoms with Crippen LogP contribution < -0.4 is 10.1 Å². The number of methoxy groups -OCH3 is 1. The number of ether oxygens (including phenoxy) is 2. The van der Waals surface area contributed by atoms with Crippen LogP contribution in [0.15, 0.2) is 31.0 Å². The van der Waals surface area contributed by atoms with E-state index >= 15 is 0 Å². The Bertz CT molecular complexity index is 355. The monoisotopic (exact) mass is 239 g/mol. The number of halogens is 1. The molecule has 1 aromatic rings. The van der Waals surface area contributed by atoms with Crippen LogP contribution in [0.5, 0.6) is 5.75 Å².